The van der Waals surface area contributed by atoms with Crippen LogP contribution in [0.2, 0.25) is 0 Å². The molecule has 0 amide bonds. The second-order valence-electron chi connectivity index (χ2n) is 4.87. The molecule has 0 atom stereocenters. The maximum absolute atomic E-state index is 11.4. The van der Waals surface area contributed by atoms with Crippen molar-refractivity contribution in [1.29, 1.82) is 0 Å². The van der Waals surface area contributed by atoms with Crippen LogP contribution in [0.5, 0.6) is 0 Å². The van der Waals surface area contributed by atoms with Crippen LogP contribution in [-0.4, -0.2) is 15.3 Å². The van der Waals surface area contributed by atoms with E-state index in [4.69, 9.17) is 0 Å². The average molecular weight is 240 g/mol. The quantitative estimate of drug-likeness (QED) is 0.809. The van der Waals surface area contributed by atoms with Gasteiger partial charge in [0.2, 0.25) is 0 Å². The lowest BCUT2D eigenvalue weighted by Gasteiger charge is -2.11. The number of rotatable bonds is 2. The first kappa shape index (κ1) is 11.2. The Morgan fingerprint density at radius 1 is 1.28 bits per heavy atom. The number of carbonyl (C=O) groups excluding carboxylic acids is 1. The molecule has 0 saturated heterocycles. The van der Waals surface area contributed by atoms with E-state index in [2.05, 4.69) is 15.6 Å². The Balaban J connectivity index is 1.95. The topological polar surface area (TPSA) is 34.9 Å². The number of benzene rings is 1. The lowest BCUT2D eigenvalue weighted by atomic mass is 9.96. The van der Waals surface area contributed by atoms with Crippen LogP contribution in [0.3, 0.4) is 0 Å². The fraction of sp³-hybridized carbons (Fsp3) is 0.333. The van der Waals surface area contributed by atoms with E-state index in [1.807, 2.05) is 31.3 Å². The molecule has 1 aliphatic rings. The maximum Gasteiger partial charge on any atom is 0.155 e. The number of ketones is 1. The molecule has 3 heteroatoms. The number of para-hydroxylation sites is 2. The van der Waals surface area contributed by atoms with Gasteiger partial charge in [-0.05, 0) is 31.1 Å². The molecule has 0 N–H and O–H groups in total. The molecule has 3 nitrogen and oxygen atoms in total. The summed E-state index contributed by atoms with van der Waals surface area (Å²) < 4.78 is 2.12. The van der Waals surface area contributed by atoms with E-state index in [-0.39, 0.29) is 5.78 Å². The Kier molecular flexibility index (Phi) is 2.74. The van der Waals surface area contributed by atoms with Gasteiger partial charge in [-0.15, -0.1) is 0 Å². The number of aryl methyl sites for hydroxylation is 1. The summed E-state index contributed by atoms with van der Waals surface area (Å²) in [6.45, 7) is 0. The molecule has 0 spiro atoms. The Bertz CT molecular complexity index is 637. The van der Waals surface area contributed by atoms with Gasteiger partial charge in [0.15, 0.2) is 5.78 Å². The van der Waals surface area contributed by atoms with Crippen molar-refractivity contribution in [1.82, 2.24) is 9.55 Å². The van der Waals surface area contributed by atoms with Crippen LogP contribution >= 0.6 is 0 Å². The molecule has 0 radical (unpaired) electrons. The highest BCUT2D eigenvalue weighted by Crippen LogP contribution is 2.21. The van der Waals surface area contributed by atoms with E-state index in [0.29, 0.717) is 6.42 Å². The Hall–Kier alpha value is -1.90. The third kappa shape index (κ3) is 1.96. The second-order valence-corrected chi connectivity index (χ2v) is 4.87. The van der Waals surface area contributed by atoms with Gasteiger partial charge < -0.3 is 4.57 Å². The predicted molar refractivity (Wildman–Crippen MR) is 71.4 cm³/mol. The Morgan fingerprint density at radius 2 is 2.11 bits per heavy atom. The van der Waals surface area contributed by atoms with Crippen molar-refractivity contribution < 1.29 is 4.79 Å². The first-order valence-electron chi connectivity index (χ1n) is 6.36. The van der Waals surface area contributed by atoms with E-state index < -0.39 is 0 Å². The summed E-state index contributed by atoms with van der Waals surface area (Å²) in [6, 6.07) is 8.13. The van der Waals surface area contributed by atoms with Crippen LogP contribution in [0, 0.1) is 0 Å². The minimum atomic E-state index is 0.259. The number of allylic oxidation sites excluding steroid dienone is 2. The predicted octanol–water partition coefficient (Wildman–Crippen LogP) is 2.80. The number of carbonyl (C=O) groups is 1. The van der Waals surface area contributed by atoms with E-state index in [0.717, 1.165) is 36.1 Å². The van der Waals surface area contributed by atoms with Crippen LogP contribution in [0.1, 0.15) is 25.1 Å². The fourth-order valence-electron chi connectivity index (χ4n) is 2.56. The zero-order valence-corrected chi connectivity index (χ0v) is 10.5. The molecule has 1 heterocycles. The molecule has 0 fully saturated rings. The summed E-state index contributed by atoms with van der Waals surface area (Å²) in [5.74, 6) is 1.30. The highest BCUT2D eigenvalue weighted by atomic mass is 16.1. The van der Waals surface area contributed by atoms with E-state index in [1.165, 1.54) is 5.57 Å². The van der Waals surface area contributed by atoms with Gasteiger partial charge in [0.1, 0.15) is 5.82 Å². The third-order valence-electron chi connectivity index (χ3n) is 3.55. The van der Waals surface area contributed by atoms with E-state index in [9.17, 15) is 4.79 Å². The molecule has 0 aliphatic heterocycles. The second kappa shape index (κ2) is 4.41. The maximum atomic E-state index is 11.4. The normalized spacial score (nSPS) is 16.1. The molecule has 0 saturated carbocycles. The first-order valence-corrected chi connectivity index (χ1v) is 6.36. The monoisotopic (exact) mass is 240 g/mol. The number of imidazole rings is 1. The van der Waals surface area contributed by atoms with Crippen molar-refractivity contribution in [3.05, 3.63) is 41.7 Å². The van der Waals surface area contributed by atoms with Crippen molar-refractivity contribution in [2.24, 2.45) is 7.05 Å². The summed E-state index contributed by atoms with van der Waals surface area (Å²) in [5, 5.41) is 0. The van der Waals surface area contributed by atoms with Crippen molar-refractivity contribution in [2.75, 3.05) is 0 Å². The van der Waals surface area contributed by atoms with E-state index >= 15 is 0 Å². The highest BCUT2D eigenvalue weighted by Gasteiger charge is 2.13. The fourth-order valence-corrected chi connectivity index (χ4v) is 2.56. The highest BCUT2D eigenvalue weighted by molar-refractivity contribution is 5.91. The molecule has 0 bridgehead atoms. The molecule has 92 valence electrons. The Labute approximate surface area is 106 Å². The summed E-state index contributed by atoms with van der Waals surface area (Å²) in [6.07, 6.45) is 5.30. The van der Waals surface area contributed by atoms with Crippen molar-refractivity contribution in [3.63, 3.8) is 0 Å². The van der Waals surface area contributed by atoms with Gasteiger partial charge in [-0.25, -0.2) is 4.98 Å². The zero-order chi connectivity index (χ0) is 12.5. The molecular weight excluding hydrogens is 224 g/mol. The molecular formula is C15H16N2O. The van der Waals surface area contributed by atoms with Gasteiger partial charge in [0, 0.05) is 19.9 Å². The SMILES string of the molecule is Cn1c(CC2=CC(=O)CCC2)nc2ccccc21. The van der Waals surface area contributed by atoms with Gasteiger partial charge in [-0.1, -0.05) is 17.7 Å². The van der Waals surface area contributed by atoms with E-state index in [1.54, 1.807) is 0 Å². The lowest BCUT2D eigenvalue weighted by Crippen LogP contribution is -2.07. The van der Waals surface area contributed by atoms with Crippen molar-refractivity contribution >= 4 is 16.8 Å². The number of nitrogens with zero attached hydrogens (tertiary/aromatic N) is 2. The number of hydrogen-bond donors (Lipinski definition) is 0. The largest absolute Gasteiger partial charge is 0.331 e. The van der Waals surface area contributed by atoms with Gasteiger partial charge >= 0.3 is 0 Å². The van der Waals surface area contributed by atoms with Crippen LogP contribution < -0.4 is 0 Å². The summed E-state index contributed by atoms with van der Waals surface area (Å²) in [5.41, 5.74) is 3.39. The Morgan fingerprint density at radius 3 is 2.89 bits per heavy atom. The standard InChI is InChI=1S/C15H16N2O/c1-17-14-8-3-2-7-13(14)16-15(17)10-11-5-4-6-12(18)9-11/h2-3,7-9H,4-6,10H2,1H3. The molecule has 18 heavy (non-hydrogen) atoms. The lowest BCUT2D eigenvalue weighted by molar-refractivity contribution is -0.115. The summed E-state index contributed by atoms with van der Waals surface area (Å²) >= 11 is 0. The molecule has 1 aromatic heterocycles. The van der Waals surface area contributed by atoms with Gasteiger partial charge in [-0.2, -0.15) is 0 Å². The van der Waals surface area contributed by atoms with Crippen molar-refractivity contribution in [3.8, 4) is 0 Å². The van der Waals surface area contributed by atoms with Crippen LogP contribution in [0.4, 0.5) is 0 Å². The third-order valence-corrected chi connectivity index (χ3v) is 3.55. The molecule has 1 aliphatic carbocycles. The van der Waals surface area contributed by atoms with Gasteiger partial charge in [0.25, 0.3) is 0 Å². The number of hydrogen-bond acceptors (Lipinski definition) is 2. The zero-order valence-electron chi connectivity index (χ0n) is 10.5. The number of fused-ring (bicyclic) bond motifs is 1. The smallest absolute Gasteiger partial charge is 0.155 e. The summed E-state index contributed by atoms with van der Waals surface area (Å²) in [4.78, 5) is 16.1. The molecule has 1 aromatic carbocycles. The minimum Gasteiger partial charge on any atom is -0.331 e. The summed E-state index contributed by atoms with van der Waals surface area (Å²) in [7, 11) is 2.04. The molecule has 0 unspecified atom stereocenters. The van der Waals surface area contributed by atoms with Crippen LogP contribution in [0.25, 0.3) is 11.0 Å². The molecule has 2 aromatic rings. The van der Waals surface area contributed by atoms with Crippen LogP contribution in [0.15, 0.2) is 35.9 Å². The van der Waals surface area contributed by atoms with Crippen molar-refractivity contribution in [2.45, 2.75) is 25.7 Å². The minimum absolute atomic E-state index is 0.259. The number of aromatic nitrogens is 2. The first-order chi connectivity index (χ1) is 8.74. The van der Waals surface area contributed by atoms with Crippen LogP contribution in [-0.2, 0) is 18.3 Å². The van der Waals surface area contributed by atoms with Gasteiger partial charge in [-0.3, -0.25) is 4.79 Å². The average Bonchev–Trinajstić information content (AvgIpc) is 2.67. The molecule has 3 rings (SSSR count). The van der Waals surface area contributed by atoms with Gasteiger partial charge in [0.05, 0.1) is 11.0 Å².